The number of rotatable bonds is 26. The van der Waals surface area contributed by atoms with Gasteiger partial charge in [-0.2, -0.15) is 5.26 Å². The third kappa shape index (κ3) is 25.7. The maximum atomic E-state index is 13.2. The molecule has 0 aliphatic carbocycles. The van der Waals surface area contributed by atoms with Gasteiger partial charge in [-0.1, -0.05) is 128 Å². The largest absolute Gasteiger partial charge is 0.497 e. The fourth-order valence-corrected chi connectivity index (χ4v) is 18.9. The van der Waals surface area contributed by atoms with Crippen molar-refractivity contribution in [2.45, 2.75) is 234 Å². The van der Waals surface area contributed by atoms with Crippen molar-refractivity contribution in [3.05, 3.63) is 156 Å². The lowest BCUT2D eigenvalue weighted by atomic mass is 9.98. The summed E-state index contributed by atoms with van der Waals surface area (Å²) in [6.45, 7) is 11.7. The fourth-order valence-electron chi connectivity index (χ4n) is 13.5. The number of benzene rings is 4. The first-order valence-electron chi connectivity index (χ1n) is 38.7. The molecule has 8 aliphatic heterocycles. The Morgan fingerprint density at radius 3 is 1.08 bits per heavy atom. The molecule has 0 radical (unpaired) electrons. The number of hydrogen-bond acceptors (Lipinski definition) is 36. The molecule has 12 N–H and O–H groups in total. The summed E-state index contributed by atoms with van der Waals surface area (Å²) < 4.78 is 94.4. The summed E-state index contributed by atoms with van der Waals surface area (Å²) in [6, 6.07) is 26.8. The summed E-state index contributed by atoms with van der Waals surface area (Å²) in [5.41, 5.74) is 1.35. The van der Waals surface area contributed by atoms with E-state index in [9.17, 15) is 53.7 Å². The number of methoxy groups -OCH3 is 1. The monoisotopic (exact) mass is 1840 g/mol. The number of thioether (sulfide) groups is 4. The van der Waals surface area contributed by atoms with E-state index in [0.29, 0.717) is 98.8 Å². The van der Waals surface area contributed by atoms with Crippen LogP contribution in [0.2, 0.25) is 0 Å². The molecule has 8 fully saturated rings. The molecule has 16 rings (SSSR count). The molecule has 0 bridgehead atoms. The van der Waals surface area contributed by atoms with Crippen molar-refractivity contribution in [2.75, 3.05) is 39.5 Å². The van der Waals surface area contributed by atoms with Crippen LogP contribution in [0, 0.1) is 17.1 Å². The minimum atomic E-state index is -3.33. The molecule has 46 heteroatoms. The van der Waals surface area contributed by atoms with E-state index in [0.717, 1.165) is 11.4 Å². The number of aromatic nitrogens is 12. The van der Waals surface area contributed by atoms with Crippen LogP contribution in [-0.2, 0) is 81.4 Å². The molecule has 8 aromatic rings. The van der Waals surface area contributed by atoms with Gasteiger partial charge in [-0.05, 0) is 82.3 Å². The standard InChI is InChI=1S/C19H22N6O4S.C19H25N5O6S2.C19H25N5O5S.C18H22FN5O4S.4CH4/c1-2-21-19-22-15-17(27)16(26)14(29-18(15)30-19)9-25-8-12(23-24-25)10-28-13-6-4-3-5-11(13)7-20;1-3-20-19-21-15-17(26)16(25)14(30-18(15)31-19)9-24-8-11(22-23-24)10-29-12-5-4-6-13(7-12)32(2,27)28;1-3-20-19-21-15-17(26)16(25)14(29-18(15)30-19)9-24-8-11(22-23-24)10-28-13-6-4-5-12(7-13)27-2;1-2-20-18-21-14-16(26)15(25)13(28-17(14)29-18)8-24-7-11(22-23-24)9-27-12-5-3-4-10(19)6-12;;;;/h3-6,8,14-18,26-27H,2,9-10H2,1H3,(H,21,22);4-8,14-18,25-26H,3,9-10H2,1-2H3,(H,20,21);4-8,14-18,25-26H,3,9-10H2,1-2H3,(H,20,21);3-7,13-17,25-26H,2,8-9H2,1H3,(H,20,21);4*1H4/t3*14-,15-,16-,17-,18-;13-,14-,15-,16-,17-;;;;/m1111..../s1. The average molecular weight is 1840 g/mol. The van der Waals surface area contributed by atoms with E-state index in [-0.39, 0.29) is 115 Å². The molecule has 4 aromatic heterocycles. The van der Waals surface area contributed by atoms with E-state index in [2.05, 4.69) is 88.6 Å². The molecule has 0 spiro atoms. The SMILES string of the molecule is C.C.C.C.CCN=C1N[C@@H]2[C@@H](O)[C@H](O)[C@@H](Cn3cc(COc4cccc(F)c4)nn3)O[C@@H]2S1.CCN=C1N[C@@H]2[C@@H](O)[C@H](O)[C@@H](Cn3cc(COc4cccc(OC)c4)nn3)O[C@@H]2S1.CCN=C1N[C@@H]2[C@@H](O)[C@H](O)[C@@H](Cn3cc(COc4cccc(S(C)(=O)=O)c4)nn3)O[C@@H]2S1.CCN=C1N[C@@H]2[C@@H](O)[C@H](O)[C@@H](Cn3cc(COc4ccccc4C#N)nn3)O[C@@H]2S1. The third-order valence-electron chi connectivity index (χ3n) is 19.5. The molecule has 0 amide bonds. The third-order valence-corrected chi connectivity index (χ3v) is 25.0. The number of hydrogen-bond donors (Lipinski definition) is 12. The van der Waals surface area contributed by atoms with E-state index < -0.39 is 107 Å². The molecule has 12 heterocycles. The maximum Gasteiger partial charge on any atom is 0.175 e. The molecule has 8 saturated heterocycles. The molecule has 0 unspecified atom stereocenters. The summed E-state index contributed by atoms with van der Waals surface area (Å²) in [7, 11) is -1.73. The molecular weight excluding hydrogens is 1730 g/mol. The Bertz CT molecular complexity index is 5050. The zero-order valence-corrected chi connectivity index (χ0v) is 70.3. The van der Waals surface area contributed by atoms with Crippen LogP contribution in [0.4, 0.5) is 4.39 Å². The Morgan fingerprint density at radius 1 is 0.440 bits per heavy atom. The fraction of sp³-hybridized carbons (Fsp3) is 0.532. The summed E-state index contributed by atoms with van der Waals surface area (Å²) >= 11 is 5.62. The van der Waals surface area contributed by atoms with Crippen LogP contribution in [0.25, 0.3) is 0 Å². The second-order valence-corrected chi connectivity index (χ2v) is 34.6. The zero-order valence-electron chi connectivity index (χ0n) is 66.2. The van der Waals surface area contributed by atoms with Crippen LogP contribution in [0.3, 0.4) is 0 Å². The van der Waals surface area contributed by atoms with Crippen LogP contribution < -0.4 is 45.0 Å². The summed E-state index contributed by atoms with van der Waals surface area (Å²) in [5.74, 6) is 2.28. The molecule has 682 valence electrons. The normalized spacial score (nSPS) is 28.5. The lowest BCUT2D eigenvalue weighted by Gasteiger charge is -2.38. The minimum absolute atomic E-state index is 0. The highest BCUT2D eigenvalue weighted by Crippen LogP contribution is 2.39. The number of nitrogens with one attached hydrogen (secondary N) is 4. The van der Waals surface area contributed by atoms with Crippen LogP contribution in [-0.4, -0.2) is 289 Å². The Morgan fingerprint density at radius 2 is 0.752 bits per heavy atom. The van der Waals surface area contributed by atoms with Crippen molar-refractivity contribution < 1.29 is 96.3 Å². The quantitative estimate of drug-likeness (QED) is 0.0369. The molecule has 0 saturated carbocycles. The second kappa shape index (κ2) is 46.4. The molecule has 20 atom stereocenters. The first-order valence-corrected chi connectivity index (χ1v) is 44.1. The van der Waals surface area contributed by atoms with E-state index in [1.54, 1.807) is 95.9 Å². The van der Waals surface area contributed by atoms with Crippen LogP contribution in [0.5, 0.6) is 28.7 Å². The van der Waals surface area contributed by atoms with Gasteiger partial charge in [0.25, 0.3) is 0 Å². The van der Waals surface area contributed by atoms with E-state index in [4.69, 9.17) is 47.9 Å². The maximum absolute atomic E-state index is 13.2. The molecule has 125 heavy (non-hydrogen) atoms. The van der Waals surface area contributed by atoms with Gasteiger partial charge in [-0.15, -0.1) is 20.4 Å². The highest BCUT2D eigenvalue weighted by molar-refractivity contribution is 8.15. The summed E-state index contributed by atoms with van der Waals surface area (Å²) in [4.78, 5) is 17.4. The van der Waals surface area contributed by atoms with E-state index >= 15 is 0 Å². The van der Waals surface area contributed by atoms with Crippen molar-refractivity contribution in [1.82, 2.24) is 81.2 Å². The highest BCUT2D eigenvalue weighted by atomic mass is 32.2. The number of aliphatic hydroxyl groups is 8. The van der Waals surface area contributed by atoms with Gasteiger partial charge in [-0.3, -0.25) is 20.0 Å². The smallest absolute Gasteiger partial charge is 0.175 e. The van der Waals surface area contributed by atoms with Gasteiger partial charge in [-0.25, -0.2) is 31.5 Å². The van der Waals surface area contributed by atoms with Crippen LogP contribution in [0.1, 0.15) is 85.7 Å². The minimum Gasteiger partial charge on any atom is -0.497 e. The van der Waals surface area contributed by atoms with Gasteiger partial charge in [0.15, 0.2) is 30.5 Å². The van der Waals surface area contributed by atoms with Crippen LogP contribution in [0.15, 0.2) is 147 Å². The Balaban J connectivity index is 0.000000187. The Kier molecular flexibility index (Phi) is 36.9. The van der Waals surface area contributed by atoms with Crippen molar-refractivity contribution in [3.8, 4) is 34.8 Å². The number of amidine groups is 4. The topological polar surface area (TPSA) is 523 Å². The number of nitriles is 1. The first kappa shape index (κ1) is 99.4. The number of halogens is 1. The first-order chi connectivity index (χ1) is 58.4. The molecule has 40 nitrogen and oxygen atoms in total. The van der Waals surface area contributed by atoms with Gasteiger partial charge < -0.3 is 105 Å². The Hall–Kier alpha value is -9.39. The zero-order chi connectivity index (χ0) is 85.4. The average Bonchev–Trinajstić information content (AvgIpc) is 1.62. The van der Waals surface area contributed by atoms with Crippen LogP contribution >= 0.6 is 47.0 Å². The summed E-state index contributed by atoms with van der Waals surface area (Å²) in [5, 5.41) is 141. The van der Waals surface area contributed by atoms with Gasteiger partial charge in [0.2, 0.25) is 0 Å². The predicted molar refractivity (Wildman–Crippen MR) is 467 cm³/mol. The van der Waals surface area contributed by atoms with Gasteiger partial charge in [0, 0.05) is 44.6 Å². The number of para-hydroxylation sites is 1. The number of nitrogens with zero attached hydrogens (tertiary/aromatic N) is 17. The van der Waals surface area contributed by atoms with Crippen molar-refractivity contribution in [1.29, 1.82) is 5.26 Å². The molecule has 8 aliphatic rings. The van der Waals surface area contributed by atoms with E-state index in [1.807, 2.05) is 45.9 Å². The lowest BCUT2D eigenvalue weighted by molar-refractivity contribution is -0.160. The van der Waals surface area contributed by atoms with E-state index in [1.165, 1.54) is 80.7 Å². The summed E-state index contributed by atoms with van der Waals surface area (Å²) in [6.07, 6.45) is -2.99. The highest BCUT2D eigenvalue weighted by Gasteiger charge is 2.53. The number of fused-ring (bicyclic) bond motifs is 4. The number of aliphatic hydroxyl groups excluding tert-OH is 8. The number of ether oxygens (including phenoxy) is 9. The number of sulfone groups is 1. The van der Waals surface area contributed by atoms with Gasteiger partial charge in [0.05, 0.1) is 92.7 Å². The number of aliphatic imine (C=N–C) groups is 4. The molecule has 4 aromatic carbocycles. The lowest BCUT2D eigenvalue weighted by Crippen LogP contribution is -2.59. The van der Waals surface area contributed by atoms with Crippen molar-refractivity contribution >= 4 is 77.6 Å². The van der Waals surface area contributed by atoms with Gasteiger partial charge >= 0.3 is 0 Å². The predicted octanol–water partition coefficient (Wildman–Crippen LogP) is 3.51. The van der Waals surface area contributed by atoms with Crippen molar-refractivity contribution in [2.24, 2.45) is 20.0 Å². The van der Waals surface area contributed by atoms with Gasteiger partial charge in [0.1, 0.15) is 185 Å². The van der Waals surface area contributed by atoms with Crippen molar-refractivity contribution in [3.63, 3.8) is 0 Å². The molecular formula is C79H110FN21O19S5. The Labute approximate surface area is 740 Å². The second-order valence-electron chi connectivity index (χ2n) is 28.2.